The number of hydrogen-bond acceptors (Lipinski definition) is 6. The van der Waals surface area contributed by atoms with E-state index in [4.69, 9.17) is 20.8 Å². The number of rotatable bonds is 8. The maximum atomic E-state index is 12.2. The molecule has 0 saturated carbocycles. The maximum absolute atomic E-state index is 12.2. The number of carbonyl (C=O) groups is 1. The van der Waals surface area contributed by atoms with Gasteiger partial charge >= 0.3 is 0 Å². The monoisotopic (exact) mass is 403 g/mol. The number of hydrogen-bond donors (Lipinski definition) is 1. The highest BCUT2D eigenvalue weighted by Crippen LogP contribution is 2.23. The quantitative estimate of drug-likeness (QED) is 0.570. The Kier molecular flexibility index (Phi) is 6.73. The van der Waals surface area contributed by atoms with Gasteiger partial charge in [0.2, 0.25) is 5.91 Å². The summed E-state index contributed by atoms with van der Waals surface area (Å²) in [6.07, 6.45) is 0. The summed E-state index contributed by atoms with van der Waals surface area (Å²) in [7, 11) is 0. The van der Waals surface area contributed by atoms with E-state index in [0.717, 1.165) is 5.56 Å². The second-order valence-electron chi connectivity index (χ2n) is 5.67. The van der Waals surface area contributed by atoms with E-state index >= 15 is 0 Å². The molecule has 27 heavy (non-hydrogen) atoms. The van der Waals surface area contributed by atoms with Crippen molar-refractivity contribution in [3.8, 4) is 5.75 Å². The largest absolute Gasteiger partial charge is 0.484 e. The van der Waals surface area contributed by atoms with Crippen LogP contribution in [0.5, 0.6) is 5.75 Å². The Morgan fingerprint density at radius 2 is 1.93 bits per heavy atom. The molecule has 1 unspecified atom stereocenters. The summed E-state index contributed by atoms with van der Waals surface area (Å²) >= 11 is 7.04. The topological polar surface area (TPSA) is 77.2 Å². The Balaban J connectivity index is 1.46. The Labute approximate surface area is 166 Å². The number of thioether (sulfide) groups is 1. The number of carbonyl (C=O) groups excluding carboxylic acids is 1. The van der Waals surface area contributed by atoms with E-state index in [1.807, 2.05) is 30.3 Å². The van der Waals surface area contributed by atoms with Gasteiger partial charge in [-0.15, -0.1) is 10.2 Å². The van der Waals surface area contributed by atoms with E-state index in [9.17, 15) is 4.79 Å². The number of ether oxygens (including phenoxy) is 1. The van der Waals surface area contributed by atoms with Gasteiger partial charge in [-0.1, -0.05) is 53.7 Å². The predicted octanol–water partition coefficient (Wildman–Crippen LogP) is 4.10. The van der Waals surface area contributed by atoms with Crippen molar-refractivity contribution < 1.29 is 13.9 Å². The van der Waals surface area contributed by atoms with Crippen LogP contribution in [0.1, 0.15) is 18.4 Å². The zero-order chi connectivity index (χ0) is 19.1. The van der Waals surface area contributed by atoms with Gasteiger partial charge in [0.05, 0.1) is 5.25 Å². The Hall–Kier alpha value is -2.51. The van der Waals surface area contributed by atoms with Crippen LogP contribution in [-0.4, -0.2) is 21.4 Å². The highest BCUT2D eigenvalue weighted by Gasteiger charge is 2.18. The lowest BCUT2D eigenvalue weighted by atomic mass is 10.2. The first-order chi connectivity index (χ1) is 13.1. The molecule has 0 radical (unpaired) electrons. The van der Waals surface area contributed by atoms with E-state index < -0.39 is 0 Å². The fourth-order valence-electron chi connectivity index (χ4n) is 2.15. The number of aromatic nitrogens is 2. The highest BCUT2D eigenvalue weighted by molar-refractivity contribution is 8.00. The molecule has 1 aromatic heterocycles. The fourth-order valence-corrected chi connectivity index (χ4v) is 3.00. The van der Waals surface area contributed by atoms with Crippen molar-refractivity contribution in [3.05, 3.63) is 71.1 Å². The number of nitrogens with one attached hydrogen (secondary N) is 1. The fraction of sp³-hybridized carbons (Fsp3) is 0.211. The molecule has 3 aromatic rings. The second kappa shape index (κ2) is 9.43. The van der Waals surface area contributed by atoms with Gasteiger partial charge in [0.1, 0.15) is 5.75 Å². The van der Waals surface area contributed by atoms with Crippen LogP contribution in [-0.2, 0) is 17.9 Å². The molecule has 2 aromatic carbocycles. The van der Waals surface area contributed by atoms with Gasteiger partial charge in [-0.3, -0.25) is 4.79 Å². The van der Waals surface area contributed by atoms with E-state index in [2.05, 4.69) is 15.5 Å². The van der Waals surface area contributed by atoms with E-state index in [1.165, 1.54) is 11.8 Å². The van der Waals surface area contributed by atoms with Gasteiger partial charge in [0.25, 0.3) is 11.1 Å². The van der Waals surface area contributed by atoms with Crippen molar-refractivity contribution in [2.24, 2.45) is 0 Å². The zero-order valence-corrected chi connectivity index (χ0v) is 16.2. The van der Waals surface area contributed by atoms with Crippen LogP contribution < -0.4 is 10.1 Å². The SMILES string of the molecule is CC(Sc1nnc(COc2ccc(Cl)cc2)o1)C(=O)NCc1ccccc1. The van der Waals surface area contributed by atoms with E-state index in [-0.39, 0.29) is 17.8 Å². The number of amides is 1. The molecule has 0 aliphatic heterocycles. The number of benzene rings is 2. The Bertz CT molecular complexity index is 871. The van der Waals surface area contributed by atoms with E-state index in [1.54, 1.807) is 31.2 Å². The average Bonchev–Trinajstić information content (AvgIpc) is 3.13. The average molecular weight is 404 g/mol. The summed E-state index contributed by atoms with van der Waals surface area (Å²) in [4.78, 5) is 12.2. The van der Waals surface area contributed by atoms with Crippen molar-refractivity contribution in [2.75, 3.05) is 0 Å². The van der Waals surface area contributed by atoms with Crippen LogP contribution in [0.3, 0.4) is 0 Å². The third-order valence-corrected chi connectivity index (χ3v) is 4.77. The van der Waals surface area contributed by atoms with Gasteiger partial charge in [-0.05, 0) is 36.8 Å². The lowest BCUT2D eigenvalue weighted by Gasteiger charge is -2.09. The van der Waals surface area contributed by atoms with E-state index in [0.29, 0.717) is 28.4 Å². The Morgan fingerprint density at radius 3 is 2.67 bits per heavy atom. The first kappa shape index (κ1) is 19.3. The summed E-state index contributed by atoms with van der Waals surface area (Å²) in [6, 6.07) is 16.7. The number of nitrogens with zero attached hydrogens (tertiary/aromatic N) is 2. The van der Waals surface area contributed by atoms with Crippen LogP contribution in [0.4, 0.5) is 0 Å². The molecule has 0 fully saturated rings. The molecule has 8 heteroatoms. The smallest absolute Gasteiger partial charge is 0.277 e. The van der Waals surface area contributed by atoms with Crippen molar-refractivity contribution in [3.63, 3.8) is 0 Å². The van der Waals surface area contributed by atoms with Gasteiger partial charge in [0, 0.05) is 11.6 Å². The second-order valence-corrected chi connectivity index (χ2v) is 7.40. The predicted molar refractivity (Wildman–Crippen MR) is 104 cm³/mol. The number of halogens is 1. The summed E-state index contributed by atoms with van der Waals surface area (Å²) in [5.41, 5.74) is 1.04. The lowest BCUT2D eigenvalue weighted by molar-refractivity contribution is -0.120. The molecular weight excluding hydrogens is 386 g/mol. The van der Waals surface area contributed by atoms with Crippen molar-refractivity contribution in [1.29, 1.82) is 0 Å². The van der Waals surface area contributed by atoms with Gasteiger partial charge in [0.15, 0.2) is 6.61 Å². The molecule has 140 valence electrons. The Morgan fingerprint density at radius 1 is 1.19 bits per heavy atom. The van der Waals surface area contributed by atoms with Gasteiger partial charge in [-0.2, -0.15) is 0 Å². The van der Waals surface area contributed by atoms with Gasteiger partial charge in [-0.25, -0.2) is 0 Å². The summed E-state index contributed by atoms with van der Waals surface area (Å²) in [6.45, 7) is 2.41. The van der Waals surface area contributed by atoms with Crippen LogP contribution in [0.2, 0.25) is 5.02 Å². The minimum Gasteiger partial charge on any atom is -0.484 e. The highest BCUT2D eigenvalue weighted by atomic mass is 35.5. The normalized spacial score (nSPS) is 11.8. The molecule has 6 nitrogen and oxygen atoms in total. The maximum Gasteiger partial charge on any atom is 0.277 e. The van der Waals surface area contributed by atoms with Crippen molar-refractivity contribution in [2.45, 2.75) is 30.5 Å². The molecule has 0 aliphatic carbocycles. The molecule has 1 heterocycles. The summed E-state index contributed by atoms with van der Waals surface area (Å²) in [5, 5.41) is 11.4. The van der Waals surface area contributed by atoms with Crippen LogP contribution in [0, 0.1) is 0 Å². The third-order valence-electron chi connectivity index (χ3n) is 3.58. The summed E-state index contributed by atoms with van der Waals surface area (Å²) < 4.78 is 11.1. The molecule has 0 saturated heterocycles. The molecule has 1 amide bonds. The first-order valence-electron chi connectivity index (χ1n) is 8.29. The first-order valence-corrected chi connectivity index (χ1v) is 9.55. The molecule has 0 spiro atoms. The standard InChI is InChI=1S/C19H18ClN3O3S/c1-13(18(24)21-11-14-5-3-2-4-6-14)27-19-23-22-17(26-19)12-25-16-9-7-15(20)8-10-16/h2-10,13H,11-12H2,1H3,(H,21,24). The molecular formula is C19H18ClN3O3S. The molecule has 1 N–H and O–H groups in total. The molecule has 1 atom stereocenters. The molecule has 0 aliphatic rings. The molecule has 0 bridgehead atoms. The van der Waals surface area contributed by atoms with Crippen molar-refractivity contribution in [1.82, 2.24) is 15.5 Å². The minimum atomic E-state index is -0.362. The van der Waals surface area contributed by atoms with Crippen LogP contribution in [0.25, 0.3) is 0 Å². The molecule has 3 rings (SSSR count). The van der Waals surface area contributed by atoms with Gasteiger partial charge < -0.3 is 14.5 Å². The summed E-state index contributed by atoms with van der Waals surface area (Å²) in [5.74, 6) is 0.894. The van der Waals surface area contributed by atoms with Crippen LogP contribution in [0.15, 0.2) is 64.2 Å². The van der Waals surface area contributed by atoms with Crippen molar-refractivity contribution >= 4 is 29.3 Å². The third kappa shape index (κ3) is 6.01. The minimum absolute atomic E-state index is 0.0963. The lowest BCUT2D eigenvalue weighted by Crippen LogP contribution is -2.30. The van der Waals surface area contributed by atoms with Crippen LogP contribution >= 0.6 is 23.4 Å². The zero-order valence-electron chi connectivity index (χ0n) is 14.6.